The molecule has 1 aromatic rings. The number of rotatable bonds is 7. The van der Waals surface area contributed by atoms with E-state index in [0.717, 1.165) is 31.5 Å². The van der Waals surface area contributed by atoms with Gasteiger partial charge in [-0.05, 0) is 50.5 Å². The van der Waals surface area contributed by atoms with Gasteiger partial charge in [0.1, 0.15) is 0 Å². The van der Waals surface area contributed by atoms with E-state index in [4.69, 9.17) is 0 Å². The summed E-state index contributed by atoms with van der Waals surface area (Å²) in [5.41, 5.74) is 0.954. The highest BCUT2D eigenvalue weighted by Gasteiger charge is 2.37. The molecule has 0 saturated heterocycles. The third kappa shape index (κ3) is 3.28. The first kappa shape index (κ1) is 14.3. The normalized spacial score (nSPS) is 15.7. The molecule has 1 aliphatic rings. The van der Waals surface area contributed by atoms with Crippen molar-refractivity contribution in [1.29, 1.82) is 0 Å². The van der Waals surface area contributed by atoms with Crippen molar-refractivity contribution in [2.24, 2.45) is 0 Å². The van der Waals surface area contributed by atoms with Crippen LogP contribution in [0.1, 0.15) is 33.1 Å². The van der Waals surface area contributed by atoms with Gasteiger partial charge in [0, 0.05) is 24.8 Å². The lowest BCUT2D eigenvalue weighted by Crippen LogP contribution is -2.33. The quantitative estimate of drug-likeness (QED) is 0.836. The van der Waals surface area contributed by atoms with Crippen LogP contribution in [0.25, 0.3) is 0 Å². The Labute approximate surface area is 115 Å². The lowest BCUT2D eigenvalue weighted by Gasteiger charge is -2.21. The number of nitrogens with one attached hydrogen (secondary N) is 1. The first-order chi connectivity index (χ1) is 9.09. The first-order valence-corrected chi connectivity index (χ1v) is 8.39. The summed E-state index contributed by atoms with van der Waals surface area (Å²) in [6, 6.07) is 7.26. The van der Waals surface area contributed by atoms with Crippen molar-refractivity contribution < 1.29 is 8.42 Å². The Bertz CT molecular complexity index is 507. The van der Waals surface area contributed by atoms with Crippen LogP contribution in [0.5, 0.6) is 0 Å². The molecule has 1 saturated carbocycles. The Balaban J connectivity index is 2.22. The van der Waals surface area contributed by atoms with Gasteiger partial charge >= 0.3 is 0 Å². The van der Waals surface area contributed by atoms with Crippen LogP contribution in [0.3, 0.4) is 0 Å². The predicted octanol–water partition coefficient (Wildman–Crippen LogP) is 2.68. The van der Waals surface area contributed by atoms with Crippen LogP contribution < -0.4 is 5.32 Å². The van der Waals surface area contributed by atoms with E-state index in [-0.39, 0.29) is 6.04 Å². The van der Waals surface area contributed by atoms with Crippen LogP contribution in [0, 0.1) is 0 Å². The molecule has 1 aromatic carbocycles. The summed E-state index contributed by atoms with van der Waals surface area (Å²) in [4.78, 5) is 0.398. The summed E-state index contributed by atoms with van der Waals surface area (Å²) in [6.07, 6.45) is 2.84. The zero-order chi connectivity index (χ0) is 13.9. The van der Waals surface area contributed by atoms with E-state index in [9.17, 15) is 8.42 Å². The molecule has 0 aromatic heterocycles. The van der Waals surface area contributed by atoms with E-state index in [1.54, 1.807) is 16.4 Å². The molecular formula is C14H22N2O2S. The molecule has 19 heavy (non-hydrogen) atoms. The average molecular weight is 282 g/mol. The lowest BCUT2D eigenvalue weighted by molar-refractivity contribution is 0.403. The maximum absolute atomic E-state index is 12.6. The van der Waals surface area contributed by atoms with Crippen LogP contribution in [0.2, 0.25) is 0 Å². The number of sulfonamides is 1. The van der Waals surface area contributed by atoms with Crippen LogP contribution in [-0.4, -0.2) is 31.9 Å². The fourth-order valence-corrected chi connectivity index (χ4v) is 3.94. The number of anilines is 1. The minimum atomic E-state index is -3.33. The summed E-state index contributed by atoms with van der Waals surface area (Å²) in [6.45, 7) is 5.47. The van der Waals surface area contributed by atoms with Gasteiger partial charge in [-0.1, -0.05) is 6.92 Å². The Hall–Kier alpha value is -1.07. The second kappa shape index (κ2) is 5.92. The molecule has 0 heterocycles. The number of nitrogens with zero attached hydrogens (tertiary/aromatic N) is 1. The lowest BCUT2D eigenvalue weighted by atomic mass is 10.3. The minimum Gasteiger partial charge on any atom is -0.385 e. The van der Waals surface area contributed by atoms with E-state index in [2.05, 4.69) is 5.32 Å². The molecule has 106 valence electrons. The molecule has 2 rings (SSSR count). The molecule has 5 heteroatoms. The predicted molar refractivity (Wildman–Crippen MR) is 77.8 cm³/mol. The van der Waals surface area contributed by atoms with E-state index < -0.39 is 10.0 Å². The molecular weight excluding hydrogens is 260 g/mol. The molecule has 4 nitrogen and oxygen atoms in total. The van der Waals surface area contributed by atoms with Crippen molar-refractivity contribution in [3.05, 3.63) is 24.3 Å². The summed E-state index contributed by atoms with van der Waals surface area (Å²) < 4.78 is 26.8. The Kier molecular flexibility index (Phi) is 4.47. The van der Waals surface area contributed by atoms with Gasteiger partial charge in [-0.15, -0.1) is 0 Å². The van der Waals surface area contributed by atoms with Crippen LogP contribution in [0.15, 0.2) is 29.2 Å². The van der Waals surface area contributed by atoms with Crippen molar-refractivity contribution in [2.45, 2.75) is 44.0 Å². The largest absolute Gasteiger partial charge is 0.385 e. The topological polar surface area (TPSA) is 49.4 Å². The minimum absolute atomic E-state index is 0.221. The molecule has 0 spiro atoms. The SMILES string of the molecule is CCCN(C1CC1)S(=O)(=O)c1ccc(NCC)cc1. The highest BCUT2D eigenvalue weighted by atomic mass is 32.2. The summed E-state index contributed by atoms with van der Waals surface area (Å²) in [7, 11) is -3.33. The van der Waals surface area contributed by atoms with Crippen LogP contribution in [-0.2, 0) is 10.0 Å². The standard InChI is InChI=1S/C14H22N2O2S/c1-3-11-16(13-7-8-13)19(17,18)14-9-5-12(6-10-14)15-4-2/h5-6,9-10,13,15H,3-4,7-8,11H2,1-2H3. The Morgan fingerprint density at radius 2 is 1.84 bits per heavy atom. The van der Waals surface area contributed by atoms with Crippen molar-refractivity contribution in [3.63, 3.8) is 0 Å². The second-order valence-corrected chi connectivity index (χ2v) is 6.79. The highest BCUT2D eigenvalue weighted by molar-refractivity contribution is 7.89. The van der Waals surface area contributed by atoms with Gasteiger partial charge in [-0.25, -0.2) is 8.42 Å². The third-order valence-corrected chi connectivity index (χ3v) is 5.21. The molecule has 0 unspecified atom stereocenters. The first-order valence-electron chi connectivity index (χ1n) is 6.95. The van der Waals surface area contributed by atoms with Crippen molar-refractivity contribution in [3.8, 4) is 0 Å². The van der Waals surface area contributed by atoms with Gasteiger partial charge in [-0.2, -0.15) is 4.31 Å². The smallest absolute Gasteiger partial charge is 0.243 e. The maximum Gasteiger partial charge on any atom is 0.243 e. The van der Waals surface area contributed by atoms with E-state index >= 15 is 0 Å². The summed E-state index contributed by atoms with van der Waals surface area (Å²) >= 11 is 0. The molecule has 0 aliphatic heterocycles. The van der Waals surface area contributed by atoms with Gasteiger partial charge in [-0.3, -0.25) is 0 Å². The number of hydrogen-bond acceptors (Lipinski definition) is 3. The van der Waals surface area contributed by atoms with E-state index in [1.165, 1.54) is 0 Å². The fourth-order valence-electron chi connectivity index (χ4n) is 2.17. The summed E-state index contributed by atoms with van der Waals surface area (Å²) in [5.74, 6) is 0. The number of hydrogen-bond donors (Lipinski definition) is 1. The second-order valence-electron chi connectivity index (χ2n) is 4.90. The molecule has 0 radical (unpaired) electrons. The fraction of sp³-hybridized carbons (Fsp3) is 0.571. The zero-order valence-corrected chi connectivity index (χ0v) is 12.4. The molecule has 1 fully saturated rings. The van der Waals surface area contributed by atoms with Crippen molar-refractivity contribution in [1.82, 2.24) is 4.31 Å². The van der Waals surface area contributed by atoms with Gasteiger partial charge in [0.2, 0.25) is 10.0 Å². The molecule has 0 bridgehead atoms. The summed E-state index contributed by atoms with van der Waals surface area (Å²) in [5, 5.41) is 3.17. The van der Waals surface area contributed by atoms with Gasteiger partial charge in [0.25, 0.3) is 0 Å². The van der Waals surface area contributed by atoms with Crippen LogP contribution >= 0.6 is 0 Å². The van der Waals surface area contributed by atoms with Crippen molar-refractivity contribution >= 4 is 15.7 Å². The van der Waals surface area contributed by atoms with Gasteiger partial charge in [0.05, 0.1) is 4.90 Å². The number of benzene rings is 1. The third-order valence-electron chi connectivity index (χ3n) is 3.24. The highest BCUT2D eigenvalue weighted by Crippen LogP contribution is 2.32. The van der Waals surface area contributed by atoms with Gasteiger partial charge in [0.15, 0.2) is 0 Å². The maximum atomic E-state index is 12.6. The zero-order valence-electron chi connectivity index (χ0n) is 11.6. The average Bonchev–Trinajstić information content (AvgIpc) is 3.21. The molecule has 1 aliphatic carbocycles. The van der Waals surface area contributed by atoms with Crippen LogP contribution in [0.4, 0.5) is 5.69 Å². The molecule has 0 amide bonds. The van der Waals surface area contributed by atoms with Crippen molar-refractivity contribution in [2.75, 3.05) is 18.4 Å². The Morgan fingerprint density at radius 1 is 1.21 bits per heavy atom. The monoisotopic (exact) mass is 282 g/mol. The molecule has 1 N–H and O–H groups in total. The van der Waals surface area contributed by atoms with E-state index in [0.29, 0.717) is 11.4 Å². The van der Waals surface area contributed by atoms with E-state index in [1.807, 2.05) is 26.0 Å². The van der Waals surface area contributed by atoms with Gasteiger partial charge < -0.3 is 5.32 Å². The molecule has 0 atom stereocenters. The Morgan fingerprint density at radius 3 is 2.32 bits per heavy atom.